The average molecular weight is 1070 g/mol. The summed E-state index contributed by atoms with van der Waals surface area (Å²) in [6.45, 7) is 17.8. The van der Waals surface area contributed by atoms with Gasteiger partial charge in [0.25, 0.3) is 0 Å². The second-order valence-electron chi connectivity index (χ2n) is 18.4. The number of nitrogens with zero attached hydrogens (tertiary/aromatic N) is 1. The van der Waals surface area contributed by atoms with Crippen LogP contribution < -0.4 is 0 Å². The Bertz CT molecular complexity index is 1610. The maximum atomic E-state index is 13.8. The Balaban J connectivity index is 1.98. The Hall–Kier alpha value is -1.89. The molecule has 0 aromatic carbocycles. The molecule has 0 aromatic heterocycles. The van der Waals surface area contributed by atoms with Gasteiger partial charge in [-0.3, -0.25) is 24.1 Å². The van der Waals surface area contributed by atoms with Gasteiger partial charge in [-0.25, -0.2) is 0 Å². The quantitative estimate of drug-likeness (QED) is 0.0606. The van der Waals surface area contributed by atoms with Crippen LogP contribution in [0.1, 0.15) is 88.5 Å². The van der Waals surface area contributed by atoms with Gasteiger partial charge in [-0.05, 0) is 100 Å². The molecular weight excluding hydrogens is 989 g/mol. The number of carbonyl (C=O) groups excluding carboxylic acids is 4. The van der Waals surface area contributed by atoms with Crippen LogP contribution in [0, 0.1) is 23.7 Å². The minimum absolute atomic E-state index is 0.0282. The minimum atomic E-state index is -2.06. The van der Waals surface area contributed by atoms with Crippen LogP contribution in [-0.4, -0.2) is 166 Å². The number of cyclic esters (lactones) is 1. The van der Waals surface area contributed by atoms with Gasteiger partial charge in [0.15, 0.2) is 36.9 Å². The third-order valence-electron chi connectivity index (χ3n) is 13.5. The summed E-state index contributed by atoms with van der Waals surface area (Å²) in [6.07, 6.45) is -3.91. The molecule has 2 N–H and O–H groups in total. The van der Waals surface area contributed by atoms with Gasteiger partial charge < -0.3 is 57.3 Å². The number of alkyl halides is 1. The molecule has 0 bridgehead atoms. The molecule has 2 saturated heterocycles. The highest BCUT2D eigenvalue weighted by atomic mass is 127. The number of methoxy groups -OCH3 is 2. The van der Waals surface area contributed by atoms with E-state index >= 15 is 0 Å². The first kappa shape index (κ1) is 58.4. The number of rotatable bonds is 17. The molecule has 0 aliphatic carbocycles. The molecule has 19 heteroatoms. The molecule has 17 atom stereocenters. The van der Waals surface area contributed by atoms with Crippen molar-refractivity contribution in [1.29, 1.82) is 0 Å². The molecule has 380 valence electrons. The average Bonchev–Trinajstić information content (AvgIpc) is 3.25. The van der Waals surface area contributed by atoms with Crippen molar-refractivity contribution in [2.45, 2.75) is 184 Å². The van der Waals surface area contributed by atoms with Gasteiger partial charge >= 0.3 is 17.9 Å². The van der Waals surface area contributed by atoms with Crippen molar-refractivity contribution in [3.05, 3.63) is 23.8 Å². The normalized spacial score (nSPS) is 38.0. The number of hydrogen-bond acceptors (Lipinski definition) is 17. The molecule has 3 heterocycles. The number of allylic oxidation sites excluding steroid dienone is 3. The Labute approximate surface area is 407 Å². The van der Waals surface area contributed by atoms with E-state index in [9.17, 15) is 29.4 Å². The van der Waals surface area contributed by atoms with Crippen molar-refractivity contribution < 1.29 is 76.4 Å². The van der Waals surface area contributed by atoms with E-state index in [1.54, 1.807) is 60.1 Å². The standard InChI is InChI=1S/C47H80INO16Si/c1-15-66(16-2,17-3)65-41-30(8)59-46(44(57-14)43(41)56-13)58-25-34-22-26(4)18-19-35(53)27(5)23-33(20-21-50)39(28(6)36(54)24-37(55)63-45(34)48)64-47-42(62-32(10)52)38(49(11)12)40(29(7)60-47)61-31(9)51/h18-19,22,27-30,33-34,36,38-47,50,54H,15-17,20-21,23-25H2,1-14H3/b19-18+,26-22+/t27-,28+,29?,30?,33+,34?,36-,38?,39-,40-,41?,42?,43?,44?,45+,46-,47+/m1/s1. The SMILES string of the molecule is CC[Si](CC)(CC)OC1C(C)O[C@@H](OCC2/C=C(C)/C=C/C(=O)[C@H](C)C[C@H](CCO)[C@H](O[C@@H]3OC(C)[C@@H](OC(C)=O)C(N(C)C)C3OC(C)=O)[C@@H](C)[C@H](O)CC(=O)O[C@@H]2I)C(OC)C1OC. The van der Waals surface area contributed by atoms with Crippen LogP contribution in [0.25, 0.3) is 0 Å². The van der Waals surface area contributed by atoms with Gasteiger partial charge in [0.05, 0.1) is 49.6 Å². The maximum absolute atomic E-state index is 13.8. The number of halogens is 1. The van der Waals surface area contributed by atoms with E-state index in [1.807, 2.05) is 42.5 Å². The zero-order valence-electron chi connectivity index (χ0n) is 41.6. The van der Waals surface area contributed by atoms with E-state index in [0.29, 0.717) is 5.57 Å². The number of likely N-dealkylation sites (N-methyl/N-ethyl adjacent to an activating group) is 1. The predicted octanol–water partition coefficient (Wildman–Crippen LogP) is 5.51. The van der Waals surface area contributed by atoms with Gasteiger partial charge in [-0.2, -0.15) is 0 Å². The first-order chi connectivity index (χ1) is 31.1. The van der Waals surface area contributed by atoms with E-state index in [2.05, 4.69) is 20.8 Å². The molecule has 2 fully saturated rings. The highest BCUT2D eigenvalue weighted by Gasteiger charge is 2.52. The second kappa shape index (κ2) is 27.5. The van der Waals surface area contributed by atoms with E-state index in [1.165, 1.54) is 19.9 Å². The molecule has 0 amide bonds. The topological polar surface area (TPSA) is 204 Å². The van der Waals surface area contributed by atoms with Gasteiger partial charge in [0, 0.05) is 52.4 Å². The Morgan fingerprint density at radius 1 is 0.848 bits per heavy atom. The van der Waals surface area contributed by atoms with E-state index in [4.69, 9.17) is 47.1 Å². The number of ether oxygens (including phenoxy) is 9. The zero-order chi connectivity index (χ0) is 49.6. The summed E-state index contributed by atoms with van der Waals surface area (Å²) in [4.78, 5) is 54.1. The Morgan fingerprint density at radius 3 is 1.97 bits per heavy atom. The number of aliphatic hydroxyl groups is 2. The number of aliphatic hydroxyl groups excluding tert-OH is 2. The summed E-state index contributed by atoms with van der Waals surface area (Å²) in [7, 11) is 4.64. The van der Waals surface area contributed by atoms with Crippen LogP contribution in [0.2, 0.25) is 18.1 Å². The molecule has 66 heavy (non-hydrogen) atoms. The lowest BCUT2D eigenvalue weighted by Crippen LogP contribution is -2.65. The van der Waals surface area contributed by atoms with Gasteiger partial charge in [0.1, 0.15) is 18.3 Å². The van der Waals surface area contributed by atoms with Crippen molar-refractivity contribution in [3.63, 3.8) is 0 Å². The monoisotopic (exact) mass is 1070 g/mol. The zero-order valence-corrected chi connectivity index (χ0v) is 44.8. The van der Waals surface area contributed by atoms with Crippen molar-refractivity contribution in [3.8, 4) is 0 Å². The summed E-state index contributed by atoms with van der Waals surface area (Å²) >= 11 is 2.03. The number of hydrogen-bond donors (Lipinski definition) is 2. The van der Waals surface area contributed by atoms with Crippen molar-refractivity contribution in [2.75, 3.05) is 41.5 Å². The largest absolute Gasteiger partial charge is 0.458 e. The summed E-state index contributed by atoms with van der Waals surface area (Å²) < 4.78 is 61.6. The summed E-state index contributed by atoms with van der Waals surface area (Å²) in [5.74, 6) is -4.51. The lowest BCUT2D eigenvalue weighted by Gasteiger charge is -2.48. The summed E-state index contributed by atoms with van der Waals surface area (Å²) in [6, 6.07) is 2.16. The molecule has 3 rings (SSSR count). The van der Waals surface area contributed by atoms with Crippen LogP contribution in [0.5, 0.6) is 0 Å². The highest BCUT2D eigenvalue weighted by Crippen LogP contribution is 2.37. The third-order valence-corrected chi connectivity index (χ3v) is 19.3. The summed E-state index contributed by atoms with van der Waals surface area (Å²) in [5, 5.41) is 22.2. The molecule has 3 aliphatic heterocycles. The summed E-state index contributed by atoms with van der Waals surface area (Å²) in [5.41, 5.74) is 0.711. The Morgan fingerprint density at radius 2 is 1.42 bits per heavy atom. The van der Waals surface area contributed by atoms with Crippen molar-refractivity contribution in [1.82, 2.24) is 4.90 Å². The third kappa shape index (κ3) is 15.8. The molecule has 0 radical (unpaired) electrons. The fraction of sp³-hybridized carbons (Fsp3) is 0.830. The molecule has 3 aliphatic rings. The fourth-order valence-electron chi connectivity index (χ4n) is 9.42. The molecule has 0 aromatic rings. The van der Waals surface area contributed by atoms with Crippen LogP contribution in [-0.2, 0) is 66.2 Å². The Kier molecular flexibility index (Phi) is 24.3. The van der Waals surface area contributed by atoms with E-state index in [0.717, 1.165) is 18.1 Å². The van der Waals surface area contributed by atoms with Crippen LogP contribution in [0.3, 0.4) is 0 Å². The second-order valence-corrected chi connectivity index (χ2v) is 24.3. The first-order valence-electron chi connectivity index (χ1n) is 23.5. The van der Waals surface area contributed by atoms with E-state index in [-0.39, 0.29) is 44.0 Å². The van der Waals surface area contributed by atoms with Gasteiger partial charge in [-0.15, -0.1) is 0 Å². The van der Waals surface area contributed by atoms with Crippen LogP contribution in [0.4, 0.5) is 0 Å². The maximum Gasteiger partial charge on any atom is 0.309 e. The van der Waals surface area contributed by atoms with Gasteiger partial charge in [0.2, 0.25) is 0 Å². The highest BCUT2D eigenvalue weighted by molar-refractivity contribution is 14.1. The fourth-order valence-corrected chi connectivity index (χ4v) is 13.0. The van der Waals surface area contributed by atoms with Crippen LogP contribution in [0.15, 0.2) is 23.8 Å². The smallest absolute Gasteiger partial charge is 0.309 e. The minimum Gasteiger partial charge on any atom is -0.458 e. The number of carbonyl (C=O) groups is 4. The molecular formula is C47H80INO16Si. The lowest BCUT2D eigenvalue weighted by molar-refractivity contribution is -0.308. The van der Waals surface area contributed by atoms with E-state index < -0.39 is 122 Å². The first-order valence-corrected chi connectivity index (χ1v) is 27.2. The van der Waals surface area contributed by atoms with Crippen molar-refractivity contribution >= 4 is 54.6 Å². The predicted molar refractivity (Wildman–Crippen MR) is 256 cm³/mol. The number of ketones is 1. The van der Waals surface area contributed by atoms with Crippen LogP contribution >= 0.6 is 22.6 Å². The molecule has 0 saturated carbocycles. The lowest BCUT2D eigenvalue weighted by atomic mass is 9.79. The molecule has 17 nitrogen and oxygen atoms in total. The van der Waals surface area contributed by atoms with Crippen molar-refractivity contribution in [2.24, 2.45) is 23.7 Å². The van der Waals surface area contributed by atoms with Gasteiger partial charge in [-0.1, -0.05) is 52.3 Å². The molecule has 0 spiro atoms. The molecule has 8 unspecified atom stereocenters. The number of esters is 3.